The predicted molar refractivity (Wildman–Crippen MR) is 132 cm³/mol. The Bertz CT molecular complexity index is 1220. The van der Waals surface area contributed by atoms with Crippen LogP contribution in [-0.2, 0) is 17.8 Å². The van der Waals surface area contributed by atoms with Gasteiger partial charge >= 0.3 is 0 Å². The molecule has 1 aromatic carbocycles. The average molecular weight is 480 g/mol. The Morgan fingerprint density at radius 3 is 2.62 bits per heavy atom. The fourth-order valence-corrected chi connectivity index (χ4v) is 6.35. The summed E-state index contributed by atoms with van der Waals surface area (Å²) in [5.41, 5.74) is 7.82. The Labute approximate surface area is 202 Å². The number of thiophene rings is 1. The number of nitrogen functional groups attached to an aromatic ring is 1. The van der Waals surface area contributed by atoms with Gasteiger partial charge in [0.15, 0.2) is 6.61 Å². The lowest BCUT2D eigenvalue weighted by Gasteiger charge is -2.38. The molecule has 2 aliphatic heterocycles. The normalized spacial score (nSPS) is 20.3. The van der Waals surface area contributed by atoms with Crippen molar-refractivity contribution in [1.82, 2.24) is 19.8 Å². The number of rotatable bonds is 4. The number of amides is 2. The number of nitrogens with two attached hydrogens (primary N) is 1. The number of carbonyl (C=O) groups excluding carboxylic acids is 2. The lowest BCUT2D eigenvalue weighted by atomic mass is 9.97. The molecule has 2 aliphatic rings. The van der Waals surface area contributed by atoms with Gasteiger partial charge in [-0.3, -0.25) is 9.59 Å². The lowest BCUT2D eigenvalue weighted by Crippen LogP contribution is -2.49. The fraction of sp³-hybridized carbons (Fsp3) is 0.440. The molecule has 0 saturated carbocycles. The first-order valence-corrected chi connectivity index (χ1v) is 12.6. The molecule has 2 aromatic heterocycles. The van der Waals surface area contributed by atoms with Gasteiger partial charge in [0.1, 0.15) is 22.7 Å². The topological polar surface area (TPSA) is 102 Å². The molecular formula is C25H29N5O3S. The summed E-state index contributed by atoms with van der Waals surface area (Å²) in [6.07, 6.45) is 5.44. The van der Waals surface area contributed by atoms with E-state index in [9.17, 15) is 9.59 Å². The van der Waals surface area contributed by atoms with Crippen LogP contribution in [0.25, 0.3) is 10.2 Å². The molecule has 2 N–H and O–H groups in total. The number of piperidine rings is 1. The second-order valence-electron chi connectivity index (χ2n) is 9.16. The molecule has 0 aliphatic carbocycles. The number of likely N-dealkylation sites (tertiary alicyclic amines) is 1. The van der Waals surface area contributed by atoms with Crippen molar-refractivity contribution in [3.63, 3.8) is 0 Å². The molecule has 0 bridgehead atoms. The Morgan fingerprint density at radius 1 is 1.15 bits per heavy atom. The number of aromatic nitrogens is 2. The summed E-state index contributed by atoms with van der Waals surface area (Å²) in [6.45, 7) is 5.35. The van der Waals surface area contributed by atoms with E-state index in [4.69, 9.17) is 10.5 Å². The first-order valence-electron chi connectivity index (χ1n) is 11.8. The maximum Gasteiger partial charge on any atom is 0.260 e. The summed E-state index contributed by atoms with van der Waals surface area (Å²) in [5, 5.41) is 0.930. The lowest BCUT2D eigenvalue weighted by molar-refractivity contribution is -0.139. The summed E-state index contributed by atoms with van der Waals surface area (Å²) < 4.78 is 5.75. The molecule has 8 nitrogen and oxygen atoms in total. The molecule has 2 amide bonds. The van der Waals surface area contributed by atoms with Crippen molar-refractivity contribution in [1.29, 1.82) is 0 Å². The summed E-state index contributed by atoms with van der Waals surface area (Å²) in [7, 11) is 0. The van der Waals surface area contributed by atoms with Gasteiger partial charge in [-0.05, 0) is 69.4 Å². The van der Waals surface area contributed by atoms with Crippen LogP contribution in [0.4, 0.5) is 5.82 Å². The van der Waals surface area contributed by atoms with E-state index in [1.807, 2.05) is 9.80 Å². The number of carbonyl (C=O) groups is 2. The summed E-state index contributed by atoms with van der Waals surface area (Å²) in [4.78, 5) is 40.0. The van der Waals surface area contributed by atoms with E-state index in [-0.39, 0.29) is 30.5 Å². The molecule has 3 aromatic rings. The molecule has 1 fully saturated rings. The van der Waals surface area contributed by atoms with Gasteiger partial charge in [-0.25, -0.2) is 9.97 Å². The molecule has 0 radical (unpaired) electrons. The van der Waals surface area contributed by atoms with Crippen LogP contribution in [0.1, 0.15) is 53.9 Å². The van der Waals surface area contributed by atoms with Crippen molar-refractivity contribution in [2.45, 2.75) is 58.2 Å². The van der Waals surface area contributed by atoms with Gasteiger partial charge in [0.05, 0.1) is 11.9 Å². The zero-order valence-electron chi connectivity index (χ0n) is 19.5. The van der Waals surface area contributed by atoms with Crippen molar-refractivity contribution in [3.8, 4) is 5.75 Å². The van der Waals surface area contributed by atoms with Crippen LogP contribution >= 0.6 is 11.3 Å². The SMILES string of the molecule is C[C@@H]1CCC[C@@H](C)N1C(=O)COc1ccc(C(=O)N2CCc3c(sc4ncnc(N)c34)C2)cc1. The van der Waals surface area contributed by atoms with Crippen LogP contribution in [-0.4, -0.2) is 56.8 Å². The smallest absolute Gasteiger partial charge is 0.260 e. The Kier molecular flexibility index (Phi) is 6.12. The van der Waals surface area contributed by atoms with Crippen molar-refractivity contribution < 1.29 is 14.3 Å². The quantitative estimate of drug-likeness (QED) is 0.613. The van der Waals surface area contributed by atoms with E-state index >= 15 is 0 Å². The second-order valence-corrected chi connectivity index (χ2v) is 10.2. The number of benzene rings is 1. The van der Waals surface area contributed by atoms with Gasteiger partial charge in [-0.1, -0.05) is 0 Å². The van der Waals surface area contributed by atoms with Gasteiger partial charge in [-0.2, -0.15) is 0 Å². The van der Waals surface area contributed by atoms with E-state index in [0.29, 0.717) is 30.2 Å². The van der Waals surface area contributed by atoms with Crippen molar-refractivity contribution in [2.24, 2.45) is 0 Å². The third-order valence-corrected chi connectivity index (χ3v) is 8.02. The molecule has 34 heavy (non-hydrogen) atoms. The monoisotopic (exact) mass is 479 g/mol. The first-order chi connectivity index (χ1) is 16.4. The zero-order chi connectivity index (χ0) is 23.8. The first kappa shape index (κ1) is 22.6. The number of nitrogens with zero attached hydrogens (tertiary/aromatic N) is 4. The van der Waals surface area contributed by atoms with Crippen molar-refractivity contribution >= 4 is 39.2 Å². The minimum Gasteiger partial charge on any atom is -0.484 e. The predicted octanol–water partition coefficient (Wildman–Crippen LogP) is 3.64. The molecule has 4 heterocycles. The minimum atomic E-state index is -0.0271. The molecule has 5 rings (SSSR count). The Balaban J connectivity index is 1.22. The highest BCUT2D eigenvalue weighted by Gasteiger charge is 2.29. The second kappa shape index (κ2) is 9.21. The van der Waals surface area contributed by atoms with Gasteiger partial charge in [0.2, 0.25) is 0 Å². The van der Waals surface area contributed by atoms with E-state index in [0.717, 1.165) is 46.3 Å². The minimum absolute atomic E-state index is 0.00877. The molecule has 2 atom stereocenters. The van der Waals surface area contributed by atoms with Crippen molar-refractivity contribution in [2.75, 3.05) is 18.9 Å². The Morgan fingerprint density at radius 2 is 1.88 bits per heavy atom. The third kappa shape index (κ3) is 4.20. The van der Waals surface area contributed by atoms with Crippen LogP contribution in [0.2, 0.25) is 0 Å². The van der Waals surface area contributed by atoms with Gasteiger partial charge < -0.3 is 20.3 Å². The summed E-state index contributed by atoms with van der Waals surface area (Å²) in [6, 6.07) is 7.53. The van der Waals surface area contributed by atoms with E-state index in [1.54, 1.807) is 35.6 Å². The zero-order valence-corrected chi connectivity index (χ0v) is 20.3. The summed E-state index contributed by atoms with van der Waals surface area (Å²) >= 11 is 1.57. The van der Waals surface area contributed by atoms with Crippen LogP contribution in [0, 0.1) is 0 Å². The maximum atomic E-state index is 13.1. The fourth-order valence-electron chi connectivity index (χ4n) is 5.13. The number of hydrogen-bond donors (Lipinski definition) is 1. The molecule has 1 saturated heterocycles. The van der Waals surface area contributed by atoms with Crippen LogP contribution in [0.5, 0.6) is 5.75 Å². The molecule has 0 unspecified atom stereocenters. The van der Waals surface area contributed by atoms with Crippen LogP contribution < -0.4 is 10.5 Å². The Hall–Kier alpha value is -3.20. The average Bonchev–Trinajstić information content (AvgIpc) is 3.21. The summed E-state index contributed by atoms with van der Waals surface area (Å²) in [5.74, 6) is 1.07. The van der Waals surface area contributed by atoms with Gasteiger partial charge in [-0.15, -0.1) is 11.3 Å². The molecule has 9 heteroatoms. The van der Waals surface area contributed by atoms with Crippen molar-refractivity contribution in [3.05, 3.63) is 46.6 Å². The van der Waals surface area contributed by atoms with E-state index in [2.05, 4.69) is 23.8 Å². The van der Waals surface area contributed by atoms with Crippen LogP contribution in [0.15, 0.2) is 30.6 Å². The molecule has 178 valence electrons. The number of anilines is 1. The third-order valence-electron chi connectivity index (χ3n) is 6.90. The van der Waals surface area contributed by atoms with Gasteiger partial charge in [0, 0.05) is 29.1 Å². The highest BCUT2D eigenvalue weighted by atomic mass is 32.1. The van der Waals surface area contributed by atoms with E-state index in [1.165, 1.54) is 6.33 Å². The standard InChI is InChI=1S/C25H29N5O3S/c1-15-4-3-5-16(2)30(15)21(31)13-33-18-8-6-17(7-9-18)25(32)29-11-10-19-20(12-29)34-24-22(19)23(26)27-14-28-24/h6-9,14-16H,3-5,10-13H2,1-2H3,(H2,26,27,28)/t15-,16-/m1/s1. The molecular weight excluding hydrogens is 450 g/mol. The highest BCUT2D eigenvalue weighted by Crippen LogP contribution is 2.36. The number of fused-ring (bicyclic) bond motifs is 3. The van der Waals surface area contributed by atoms with E-state index < -0.39 is 0 Å². The maximum absolute atomic E-state index is 13.1. The molecule has 0 spiro atoms. The van der Waals surface area contributed by atoms with Crippen LogP contribution in [0.3, 0.4) is 0 Å². The highest BCUT2D eigenvalue weighted by molar-refractivity contribution is 7.19. The number of ether oxygens (including phenoxy) is 1. The largest absolute Gasteiger partial charge is 0.484 e. The number of hydrogen-bond acceptors (Lipinski definition) is 7. The van der Waals surface area contributed by atoms with Gasteiger partial charge in [0.25, 0.3) is 11.8 Å².